The van der Waals surface area contributed by atoms with E-state index in [9.17, 15) is 0 Å². The Bertz CT molecular complexity index is 969. The highest BCUT2D eigenvalue weighted by molar-refractivity contribution is 8.00. The summed E-state index contributed by atoms with van der Waals surface area (Å²) < 4.78 is 11.4. The number of nitrogens with one attached hydrogen (secondary N) is 1. The lowest BCUT2D eigenvalue weighted by atomic mass is 9.94. The normalized spacial score (nSPS) is 15.7. The van der Waals surface area contributed by atoms with Crippen molar-refractivity contribution < 1.29 is 4.74 Å². The van der Waals surface area contributed by atoms with Crippen LogP contribution >= 0.6 is 11.9 Å². The Hall–Kier alpha value is -2.18. The Balaban J connectivity index is 1.59. The zero-order valence-corrected chi connectivity index (χ0v) is 18.3. The molecule has 154 valence electrons. The minimum atomic E-state index is -0.00347. The average molecular weight is 411 g/mol. The third-order valence-corrected chi connectivity index (χ3v) is 6.21. The molecule has 1 aliphatic rings. The van der Waals surface area contributed by atoms with E-state index in [4.69, 9.17) is 15.5 Å². The molecule has 1 aromatic heterocycles. The van der Waals surface area contributed by atoms with Crippen LogP contribution in [0.15, 0.2) is 47.4 Å². The second-order valence-corrected chi connectivity index (χ2v) is 9.71. The fraction of sp³-hybridized carbons (Fsp3) is 0.435. The number of imidazole rings is 1. The van der Waals surface area contributed by atoms with Crippen LogP contribution in [0.5, 0.6) is 0 Å². The van der Waals surface area contributed by atoms with Crippen LogP contribution in [0.1, 0.15) is 39.4 Å². The first-order chi connectivity index (χ1) is 13.9. The lowest BCUT2D eigenvalue weighted by Crippen LogP contribution is -2.25. The van der Waals surface area contributed by atoms with Gasteiger partial charge in [0.1, 0.15) is 5.82 Å². The van der Waals surface area contributed by atoms with E-state index in [1.807, 2.05) is 24.3 Å². The molecule has 1 fully saturated rings. The van der Waals surface area contributed by atoms with Crippen molar-refractivity contribution in [2.75, 3.05) is 23.7 Å². The summed E-state index contributed by atoms with van der Waals surface area (Å²) in [4.78, 5) is 6.17. The van der Waals surface area contributed by atoms with Crippen molar-refractivity contribution in [3.8, 4) is 0 Å². The molecule has 29 heavy (non-hydrogen) atoms. The zero-order valence-electron chi connectivity index (χ0n) is 17.4. The van der Waals surface area contributed by atoms with E-state index < -0.39 is 0 Å². The van der Waals surface area contributed by atoms with Crippen molar-refractivity contribution >= 4 is 34.4 Å². The van der Waals surface area contributed by atoms with Crippen LogP contribution in [0.3, 0.4) is 0 Å². The van der Waals surface area contributed by atoms with E-state index in [0.717, 1.165) is 60.2 Å². The molecule has 1 saturated heterocycles. The lowest BCUT2D eigenvalue weighted by Gasteiger charge is -2.26. The fourth-order valence-corrected chi connectivity index (χ4v) is 4.43. The van der Waals surface area contributed by atoms with Gasteiger partial charge in [0.05, 0.1) is 11.0 Å². The summed E-state index contributed by atoms with van der Waals surface area (Å²) >= 11 is 1.58. The smallest absolute Gasteiger partial charge is 0.115 e. The van der Waals surface area contributed by atoms with Gasteiger partial charge in [-0.05, 0) is 73.2 Å². The molecule has 0 atom stereocenters. The van der Waals surface area contributed by atoms with Gasteiger partial charge in [0.25, 0.3) is 0 Å². The average Bonchev–Trinajstić information content (AvgIpc) is 3.06. The van der Waals surface area contributed by atoms with Gasteiger partial charge in [-0.25, -0.2) is 4.98 Å². The highest BCUT2D eigenvalue weighted by Crippen LogP contribution is 2.31. The molecule has 0 aliphatic carbocycles. The molecular formula is C23H30N4OS. The number of hydrogen-bond acceptors (Lipinski definition) is 5. The van der Waals surface area contributed by atoms with Gasteiger partial charge < -0.3 is 19.8 Å². The van der Waals surface area contributed by atoms with Crippen LogP contribution in [0.4, 0.5) is 11.4 Å². The molecule has 0 bridgehead atoms. The molecule has 2 heterocycles. The third-order valence-electron chi connectivity index (χ3n) is 5.37. The molecule has 3 aromatic rings. The maximum atomic E-state index is 5.77. The molecule has 4 rings (SSSR count). The Labute approximate surface area is 177 Å². The van der Waals surface area contributed by atoms with E-state index >= 15 is 0 Å². The number of ether oxygens (including phenoxy) is 1. The van der Waals surface area contributed by atoms with Gasteiger partial charge in [-0.3, -0.25) is 0 Å². The fourth-order valence-electron chi connectivity index (χ4n) is 3.79. The van der Waals surface area contributed by atoms with E-state index in [1.54, 1.807) is 11.9 Å². The van der Waals surface area contributed by atoms with Gasteiger partial charge in [0.2, 0.25) is 0 Å². The molecule has 5 nitrogen and oxygen atoms in total. The van der Waals surface area contributed by atoms with Crippen LogP contribution in [0, 0.1) is 5.92 Å². The first kappa shape index (κ1) is 20.1. The van der Waals surface area contributed by atoms with Crippen molar-refractivity contribution in [3.63, 3.8) is 0 Å². The molecular weight excluding hydrogens is 380 g/mol. The molecule has 3 N–H and O–H groups in total. The van der Waals surface area contributed by atoms with Gasteiger partial charge in [-0.1, -0.05) is 20.8 Å². The zero-order chi connectivity index (χ0) is 20.4. The molecule has 0 amide bonds. The topological polar surface area (TPSA) is 65.1 Å². The van der Waals surface area contributed by atoms with Crippen molar-refractivity contribution in [2.24, 2.45) is 5.92 Å². The second kappa shape index (κ2) is 8.28. The summed E-state index contributed by atoms with van der Waals surface area (Å²) in [5, 5.41) is 0. The van der Waals surface area contributed by atoms with E-state index in [-0.39, 0.29) is 5.41 Å². The van der Waals surface area contributed by atoms with Crippen molar-refractivity contribution in [2.45, 2.75) is 50.5 Å². The van der Waals surface area contributed by atoms with E-state index in [2.05, 4.69) is 48.3 Å². The van der Waals surface area contributed by atoms with Gasteiger partial charge in [-0.2, -0.15) is 0 Å². The summed E-state index contributed by atoms with van der Waals surface area (Å²) in [5.74, 6) is 1.81. The number of rotatable bonds is 5. The van der Waals surface area contributed by atoms with Crippen LogP contribution in [0.2, 0.25) is 0 Å². The minimum absolute atomic E-state index is 0.00347. The highest BCUT2D eigenvalue weighted by atomic mass is 32.2. The Morgan fingerprint density at radius 3 is 2.55 bits per heavy atom. The van der Waals surface area contributed by atoms with Gasteiger partial charge >= 0.3 is 0 Å². The second-order valence-electron chi connectivity index (χ2n) is 8.83. The number of aromatic nitrogens is 2. The Morgan fingerprint density at radius 2 is 1.86 bits per heavy atom. The molecule has 6 heteroatoms. The maximum Gasteiger partial charge on any atom is 0.115 e. The third kappa shape index (κ3) is 4.70. The van der Waals surface area contributed by atoms with E-state index in [0.29, 0.717) is 5.92 Å². The predicted octanol–water partition coefficient (Wildman–Crippen LogP) is 5.46. The molecule has 0 radical (unpaired) electrons. The molecule has 0 unspecified atom stereocenters. The van der Waals surface area contributed by atoms with Crippen LogP contribution in [-0.4, -0.2) is 22.8 Å². The maximum absolute atomic E-state index is 5.77. The summed E-state index contributed by atoms with van der Waals surface area (Å²) in [6.45, 7) is 9.48. The number of benzene rings is 2. The first-order valence-electron chi connectivity index (χ1n) is 10.3. The van der Waals surface area contributed by atoms with Gasteiger partial charge in [0.15, 0.2) is 0 Å². The largest absolute Gasteiger partial charge is 0.399 e. The summed E-state index contributed by atoms with van der Waals surface area (Å²) in [6.07, 6.45) is 2.25. The predicted molar refractivity (Wildman–Crippen MR) is 122 cm³/mol. The summed E-state index contributed by atoms with van der Waals surface area (Å²) in [6, 6.07) is 14.4. The summed E-state index contributed by atoms with van der Waals surface area (Å²) in [5.41, 5.74) is 9.85. The molecule has 1 aliphatic heterocycles. The monoisotopic (exact) mass is 410 g/mol. The highest BCUT2D eigenvalue weighted by Gasteiger charge is 2.25. The van der Waals surface area contributed by atoms with Crippen LogP contribution < -0.4 is 10.5 Å². The molecule has 0 spiro atoms. The van der Waals surface area contributed by atoms with Crippen LogP contribution in [0.25, 0.3) is 11.0 Å². The standard InChI is InChI=1S/C23H30N4OS/c1-23(2,3)22-25-20-14-18(26-29-19-7-4-17(24)5-8-19)6-9-21(20)27(22)15-16-10-12-28-13-11-16/h4-9,14,16,26H,10-13,15,24H2,1-3H3. The first-order valence-corrected chi connectivity index (χ1v) is 11.1. The molecule has 0 saturated carbocycles. The van der Waals surface area contributed by atoms with Gasteiger partial charge in [-0.15, -0.1) is 0 Å². The lowest BCUT2D eigenvalue weighted by molar-refractivity contribution is 0.0611. The quantitative estimate of drug-likeness (QED) is 0.432. The SMILES string of the molecule is CC(C)(C)c1nc2cc(NSc3ccc(N)cc3)ccc2n1CC1CCOCC1. The Kier molecular flexibility index (Phi) is 5.74. The number of nitrogens with two attached hydrogens (primary N) is 1. The molecule has 2 aromatic carbocycles. The number of nitrogens with zero attached hydrogens (tertiary/aromatic N) is 2. The number of hydrogen-bond donors (Lipinski definition) is 2. The van der Waals surface area contributed by atoms with Crippen molar-refractivity contribution in [3.05, 3.63) is 48.3 Å². The number of anilines is 2. The van der Waals surface area contributed by atoms with Crippen molar-refractivity contribution in [1.29, 1.82) is 0 Å². The number of nitrogen functional groups attached to an aromatic ring is 1. The number of fused-ring (bicyclic) bond motifs is 1. The summed E-state index contributed by atoms with van der Waals surface area (Å²) in [7, 11) is 0. The van der Waals surface area contributed by atoms with Crippen LogP contribution in [-0.2, 0) is 16.7 Å². The Morgan fingerprint density at radius 1 is 1.14 bits per heavy atom. The van der Waals surface area contributed by atoms with Gasteiger partial charge in [0, 0.05) is 41.4 Å². The van der Waals surface area contributed by atoms with Crippen molar-refractivity contribution in [1.82, 2.24) is 9.55 Å². The van der Waals surface area contributed by atoms with E-state index in [1.165, 1.54) is 5.52 Å². The minimum Gasteiger partial charge on any atom is -0.399 e.